The predicted molar refractivity (Wildman–Crippen MR) is 57.4 cm³/mol. The molecule has 0 radical (unpaired) electrons. The smallest absolute Gasteiger partial charge is 0.133 e. The second-order valence-corrected chi connectivity index (χ2v) is 3.50. The Morgan fingerprint density at radius 2 is 2.17 bits per heavy atom. The van der Waals surface area contributed by atoms with Gasteiger partial charge in [0, 0.05) is 6.42 Å². The average molecular weight is 279 g/mol. The summed E-state index contributed by atoms with van der Waals surface area (Å²) in [6, 6.07) is 0. The molecule has 1 rings (SSSR count). The summed E-state index contributed by atoms with van der Waals surface area (Å²) in [5, 5.41) is 8.18. The number of unbranched alkanes of at least 4 members (excludes halogenated alkanes) is 1. The van der Waals surface area contributed by atoms with E-state index in [1.807, 2.05) is 6.92 Å². The van der Waals surface area contributed by atoms with Crippen LogP contribution in [0.5, 0.6) is 0 Å². The Hall–Kier alpha value is -0.130. The second kappa shape index (κ2) is 4.79. The molecule has 0 saturated heterocycles. The lowest BCUT2D eigenvalue weighted by Crippen LogP contribution is -2.01. The lowest BCUT2D eigenvalue weighted by molar-refractivity contribution is 0.703. The molecule has 0 atom stereocenters. The van der Waals surface area contributed by atoms with E-state index in [0.29, 0.717) is 0 Å². The fraction of sp³-hybridized carbons (Fsp3) is 0.750. The number of hydrogen-bond acceptors (Lipinski definition) is 2. The largest absolute Gasteiger partial charge is 0.305 e. The van der Waals surface area contributed by atoms with E-state index in [1.54, 1.807) is 0 Å². The molecule has 0 aliphatic rings. The summed E-state index contributed by atoms with van der Waals surface area (Å²) in [6.07, 6.45) is 3.47. The van der Waals surface area contributed by atoms with Crippen LogP contribution in [0.3, 0.4) is 0 Å². The zero-order chi connectivity index (χ0) is 8.97. The van der Waals surface area contributed by atoms with Gasteiger partial charge in [0.15, 0.2) is 0 Å². The molecule has 1 aromatic heterocycles. The highest BCUT2D eigenvalue weighted by Crippen LogP contribution is 2.07. The summed E-state index contributed by atoms with van der Waals surface area (Å²) in [6.45, 7) is 4.19. The van der Waals surface area contributed by atoms with Crippen LogP contribution < -0.4 is 0 Å². The molecule has 4 heteroatoms. The van der Waals surface area contributed by atoms with Gasteiger partial charge in [0.25, 0.3) is 0 Å². The number of hydrogen-bond donors (Lipinski definition) is 0. The summed E-state index contributed by atoms with van der Waals surface area (Å²) in [5.74, 6) is 2.15. The third-order valence-electron chi connectivity index (χ3n) is 1.89. The van der Waals surface area contributed by atoms with Gasteiger partial charge in [-0.1, -0.05) is 35.9 Å². The Balaban J connectivity index is 2.70. The van der Waals surface area contributed by atoms with Crippen LogP contribution in [-0.2, 0) is 11.0 Å². The molecule has 1 heterocycles. The summed E-state index contributed by atoms with van der Waals surface area (Å²) < 4.78 is 3.12. The number of halogens is 1. The standard InChI is InChI=1S/C8H14IN3/c1-3-4-5-8-11-10-7(2)12(8)6-9/h3-6H2,1-2H3. The maximum Gasteiger partial charge on any atom is 0.133 e. The summed E-state index contributed by atoms with van der Waals surface area (Å²) in [4.78, 5) is 0. The number of aromatic nitrogens is 3. The SMILES string of the molecule is CCCCc1nnc(C)n1CI. The Bertz CT molecular complexity index is 244. The number of alkyl halides is 1. The van der Waals surface area contributed by atoms with Gasteiger partial charge in [0.1, 0.15) is 11.6 Å². The van der Waals surface area contributed by atoms with E-state index in [1.165, 1.54) is 12.8 Å². The Labute approximate surface area is 86.7 Å². The van der Waals surface area contributed by atoms with Crippen molar-refractivity contribution in [1.29, 1.82) is 0 Å². The zero-order valence-electron chi connectivity index (χ0n) is 7.55. The molecule has 0 spiro atoms. The van der Waals surface area contributed by atoms with Crippen molar-refractivity contribution in [2.45, 2.75) is 37.7 Å². The lowest BCUT2D eigenvalue weighted by atomic mass is 10.2. The monoisotopic (exact) mass is 279 g/mol. The second-order valence-electron chi connectivity index (χ2n) is 2.81. The molecule has 3 nitrogen and oxygen atoms in total. The number of nitrogens with zero attached hydrogens (tertiary/aromatic N) is 3. The van der Waals surface area contributed by atoms with Crippen molar-refractivity contribution in [3.8, 4) is 0 Å². The third kappa shape index (κ3) is 2.18. The first-order valence-corrected chi connectivity index (χ1v) is 5.76. The molecule has 0 aliphatic heterocycles. The quantitative estimate of drug-likeness (QED) is 0.625. The minimum absolute atomic E-state index is 0.954. The minimum atomic E-state index is 0.954. The molecule has 0 N–H and O–H groups in total. The normalized spacial score (nSPS) is 10.6. The molecule has 0 aromatic carbocycles. The van der Waals surface area contributed by atoms with Gasteiger partial charge in [-0.3, -0.25) is 0 Å². The van der Waals surface area contributed by atoms with Crippen molar-refractivity contribution >= 4 is 22.6 Å². The Kier molecular flexibility index (Phi) is 3.97. The minimum Gasteiger partial charge on any atom is -0.305 e. The topological polar surface area (TPSA) is 30.7 Å². The highest BCUT2D eigenvalue weighted by molar-refractivity contribution is 14.1. The van der Waals surface area contributed by atoms with E-state index in [2.05, 4.69) is 44.3 Å². The van der Waals surface area contributed by atoms with Crippen LogP contribution in [0.2, 0.25) is 0 Å². The van der Waals surface area contributed by atoms with Gasteiger partial charge in [-0.2, -0.15) is 0 Å². The lowest BCUT2D eigenvalue weighted by Gasteiger charge is -2.02. The summed E-state index contributed by atoms with van der Waals surface area (Å²) >= 11 is 2.34. The van der Waals surface area contributed by atoms with Gasteiger partial charge in [-0.25, -0.2) is 0 Å². The molecule has 1 aromatic rings. The highest BCUT2D eigenvalue weighted by atomic mass is 127. The van der Waals surface area contributed by atoms with Crippen LogP contribution in [0.1, 0.15) is 31.4 Å². The van der Waals surface area contributed by atoms with Crippen molar-refractivity contribution in [1.82, 2.24) is 14.8 Å². The third-order valence-corrected chi connectivity index (χ3v) is 2.57. The van der Waals surface area contributed by atoms with E-state index in [4.69, 9.17) is 0 Å². The molecule has 0 aliphatic carbocycles. The van der Waals surface area contributed by atoms with Gasteiger partial charge in [0.2, 0.25) is 0 Å². The van der Waals surface area contributed by atoms with E-state index >= 15 is 0 Å². The maximum absolute atomic E-state index is 4.13. The zero-order valence-corrected chi connectivity index (χ0v) is 9.71. The van der Waals surface area contributed by atoms with Crippen LogP contribution >= 0.6 is 22.6 Å². The molecular weight excluding hydrogens is 265 g/mol. The molecular formula is C8H14IN3. The highest BCUT2D eigenvalue weighted by Gasteiger charge is 2.05. The first-order chi connectivity index (χ1) is 5.79. The first kappa shape index (κ1) is 9.95. The van der Waals surface area contributed by atoms with E-state index < -0.39 is 0 Å². The van der Waals surface area contributed by atoms with E-state index in [-0.39, 0.29) is 0 Å². The number of rotatable bonds is 4. The van der Waals surface area contributed by atoms with E-state index in [0.717, 1.165) is 22.6 Å². The van der Waals surface area contributed by atoms with Crippen LogP contribution in [0.15, 0.2) is 0 Å². The van der Waals surface area contributed by atoms with Crippen molar-refractivity contribution in [2.75, 3.05) is 0 Å². The molecule has 12 heavy (non-hydrogen) atoms. The summed E-state index contributed by atoms with van der Waals surface area (Å²) in [7, 11) is 0. The predicted octanol–water partition coefficient (Wildman–Crippen LogP) is 2.32. The van der Waals surface area contributed by atoms with Gasteiger partial charge in [-0.15, -0.1) is 10.2 Å². The van der Waals surface area contributed by atoms with Crippen LogP contribution in [0.4, 0.5) is 0 Å². The first-order valence-electron chi connectivity index (χ1n) is 4.24. The van der Waals surface area contributed by atoms with Crippen molar-refractivity contribution in [3.05, 3.63) is 11.6 Å². The van der Waals surface area contributed by atoms with Gasteiger partial charge in [0.05, 0.1) is 4.55 Å². The van der Waals surface area contributed by atoms with Crippen molar-refractivity contribution in [2.24, 2.45) is 0 Å². The van der Waals surface area contributed by atoms with Gasteiger partial charge in [-0.05, 0) is 13.3 Å². The van der Waals surface area contributed by atoms with Crippen molar-refractivity contribution < 1.29 is 0 Å². The van der Waals surface area contributed by atoms with Crippen LogP contribution in [0.25, 0.3) is 0 Å². The van der Waals surface area contributed by atoms with Gasteiger partial charge < -0.3 is 4.57 Å². The van der Waals surface area contributed by atoms with Crippen molar-refractivity contribution in [3.63, 3.8) is 0 Å². The Morgan fingerprint density at radius 3 is 2.75 bits per heavy atom. The maximum atomic E-state index is 4.13. The van der Waals surface area contributed by atoms with Gasteiger partial charge >= 0.3 is 0 Å². The molecule has 0 saturated carbocycles. The number of aryl methyl sites for hydroxylation is 2. The fourth-order valence-corrected chi connectivity index (χ4v) is 1.99. The van der Waals surface area contributed by atoms with Crippen LogP contribution in [-0.4, -0.2) is 14.8 Å². The van der Waals surface area contributed by atoms with E-state index in [9.17, 15) is 0 Å². The molecule has 0 fully saturated rings. The summed E-state index contributed by atoms with van der Waals surface area (Å²) in [5.41, 5.74) is 0. The fourth-order valence-electron chi connectivity index (χ4n) is 1.10. The Morgan fingerprint density at radius 1 is 1.42 bits per heavy atom. The molecule has 0 bridgehead atoms. The molecule has 0 amide bonds. The van der Waals surface area contributed by atoms with Crippen LogP contribution in [0, 0.1) is 6.92 Å². The average Bonchev–Trinajstić information content (AvgIpc) is 2.43. The molecule has 68 valence electrons. The molecule has 0 unspecified atom stereocenters.